The van der Waals surface area contributed by atoms with Crippen LogP contribution in [0.15, 0.2) is 45.8 Å². The Hall–Kier alpha value is -2.78. The molecule has 2 aromatic carbocycles. The Kier molecular flexibility index (Phi) is 7.40. The van der Waals surface area contributed by atoms with E-state index in [1.54, 1.807) is 30.3 Å². The number of ether oxygens (including phenoxy) is 2. The monoisotopic (exact) mass is 504 g/mol. The largest absolute Gasteiger partial charge is 0.493 e. The first-order chi connectivity index (χ1) is 14.8. The number of hydrogen-bond acceptors (Lipinski definition) is 6. The van der Waals surface area contributed by atoms with E-state index >= 15 is 0 Å². The van der Waals surface area contributed by atoms with Gasteiger partial charge in [0.2, 0.25) is 5.91 Å². The van der Waals surface area contributed by atoms with Crippen molar-refractivity contribution in [3.63, 3.8) is 0 Å². The number of nitrogens with zero attached hydrogens (tertiary/aromatic N) is 1. The molecule has 31 heavy (non-hydrogen) atoms. The van der Waals surface area contributed by atoms with Gasteiger partial charge in [-0.1, -0.05) is 34.1 Å². The number of benzene rings is 2. The van der Waals surface area contributed by atoms with Gasteiger partial charge < -0.3 is 14.8 Å². The van der Waals surface area contributed by atoms with Crippen molar-refractivity contribution in [2.75, 3.05) is 25.6 Å². The minimum Gasteiger partial charge on any atom is -0.493 e. The summed E-state index contributed by atoms with van der Waals surface area (Å²) in [5, 5.41) is 2.24. The lowest BCUT2D eigenvalue weighted by molar-refractivity contribution is -0.127. The van der Waals surface area contributed by atoms with Crippen molar-refractivity contribution in [3.05, 3.63) is 56.9 Å². The number of hydrogen-bond donors (Lipinski definition) is 1. The fourth-order valence-corrected chi connectivity index (χ4v) is 4.18. The molecule has 3 amide bonds. The second-order valence-electron chi connectivity index (χ2n) is 6.59. The van der Waals surface area contributed by atoms with Crippen LogP contribution < -0.4 is 14.8 Å². The number of methoxy groups -OCH3 is 1. The minimum absolute atomic E-state index is 0.223. The van der Waals surface area contributed by atoms with E-state index in [4.69, 9.17) is 9.47 Å². The summed E-state index contributed by atoms with van der Waals surface area (Å²) in [5.74, 6) is 0.111. The zero-order valence-corrected chi connectivity index (χ0v) is 19.6. The van der Waals surface area contributed by atoms with Crippen molar-refractivity contribution in [1.29, 1.82) is 0 Å². The number of thioether (sulfide) groups is 1. The van der Waals surface area contributed by atoms with Gasteiger partial charge in [0.15, 0.2) is 11.5 Å². The van der Waals surface area contributed by atoms with Crippen LogP contribution in [0.4, 0.5) is 10.5 Å². The summed E-state index contributed by atoms with van der Waals surface area (Å²) < 4.78 is 11.6. The van der Waals surface area contributed by atoms with Gasteiger partial charge in [-0.05, 0) is 61.0 Å². The molecule has 3 rings (SSSR count). The standard InChI is InChI=1S/C22H21BrN2O5S/c1-4-30-18-11-15(23)14(9-17(18)29-3)10-19-21(27)25(22(28)31-19)12-20(26)24-16-8-6-5-7-13(16)2/h5-11H,4,12H2,1-3H3,(H,24,26)/b19-10-. The van der Waals surface area contributed by atoms with Crippen molar-refractivity contribution in [2.24, 2.45) is 0 Å². The molecule has 0 radical (unpaired) electrons. The van der Waals surface area contributed by atoms with Gasteiger partial charge >= 0.3 is 0 Å². The molecular weight excluding hydrogens is 484 g/mol. The highest BCUT2D eigenvalue weighted by Gasteiger charge is 2.36. The molecule has 7 nitrogen and oxygen atoms in total. The molecule has 9 heteroatoms. The molecule has 0 aromatic heterocycles. The summed E-state index contributed by atoms with van der Waals surface area (Å²) in [4.78, 5) is 38.7. The lowest BCUT2D eigenvalue weighted by Crippen LogP contribution is -2.36. The molecular formula is C22H21BrN2O5S. The third-order valence-electron chi connectivity index (χ3n) is 4.46. The van der Waals surface area contributed by atoms with Gasteiger partial charge in [-0.3, -0.25) is 19.3 Å². The summed E-state index contributed by atoms with van der Waals surface area (Å²) in [6, 6.07) is 10.7. The Morgan fingerprint density at radius 2 is 1.97 bits per heavy atom. The summed E-state index contributed by atoms with van der Waals surface area (Å²) in [5.41, 5.74) is 2.18. The molecule has 2 aromatic rings. The van der Waals surface area contributed by atoms with Crippen LogP contribution in [-0.4, -0.2) is 42.2 Å². The smallest absolute Gasteiger partial charge is 0.294 e. The van der Waals surface area contributed by atoms with Crippen molar-refractivity contribution in [2.45, 2.75) is 13.8 Å². The second kappa shape index (κ2) is 10.0. The number of rotatable bonds is 7. The van der Waals surface area contributed by atoms with E-state index < -0.39 is 17.1 Å². The van der Waals surface area contributed by atoms with Gasteiger partial charge in [-0.15, -0.1) is 0 Å². The van der Waals surface area contributed by atoms with Crippen LogP contribution in [0.5, 0.6) is 11.5 Å². The maximum Gasteiger partial charge on any atom is 0.294 e. The number of aryl methyl sites for hydroxylation is 1. The molecule has 0 bridgehead atoms. The average molecular weight is 505 g/mol. The normalized spacial score (nSPS) is 14.8. The van der Waals surface area contributed by atoms with Gasteiger partial charge in [0.05, 0.1) is 18.6 Å². The number of halogens is 1. The van der Waals surface area contributed by atoms with Crippen LogP contribution in [0.25, 0.3) is 6.08 Å². The van der Waals surface area contributed by atoms with Crippen molar-refractivity contribution in [3.8, 4) is 11.5 Å². The Bertz CT molecular complexity index is 1070. The summed E-state index contributed by atoms with van der Waals surface area (Å²) in [7, 11) is 1.52. The van der Waals surface area contributed by atoms with Crippen LogP contribution in [0.1, 0.15) is 18.1 Å². The maximum atomic E-state index is 12.8. The SMILES string of the molecule is CCOc1cc(Br)c(/C=C2\SC(=O)N(CC(=O)Nc3ccccc3C)C2=O)cc1OC. The Morgan fingerprint density at radius 1 is 1.23 bits per heavy atom. The fourth-order valence-electron chi connectivity index (χ4n) is 2.91. The third kappa shape index (κ3) is 5.29. The van der Waals surface area contributed by atoms with E-state index in [2.05, 4.69) is 21.2 Å². The molecule has 1 aliphatic heterocycles. The predicted octanol–water partition coefficient (Wildman–Crippen LogP) is 4.84. The number of imide groups is 1. The first kappa shape index (κ1) is 22.9. The lowest BCUT2D eigenvalue weighted by Gasteiger charge is -2.13. The van der Waals surface area contributed by atoms with Crippen LogP contribution in [0, 0.1) is 6.92 Å². The van der Waals surface area contributed by atoms with E-state index in [-0.39, 0.29) is 11.4 Å². The van der Waals surface area contributed by atoms with Gasteiger partial charge in [0.1, 0.15) is 6.54 Å². The Morgan fingerprint density at radius 3 is 2.65 bits per heavy atom. The quantitative estimate of drug-likeness (QED) is 0.543. The molecule has 0 unspecified atom stereocenters. The maximum absolute atomic E-state index is 12.8. The van der Waals surface area contributed by atoms with Crippen LogP contribution in [0.3, 0.4) is 0 Å². The highest BCUT2D eigenvalue weighted by atomic mass is 79.9. The Balaban J connectivity index is 1.77. The molecule has 0 saturated carbocycles. The number of anilines is 1. The molecule has 1 heterocycles. The number of amides is 3. The van der Waals surface area contributed by atoms with Gasteiger partial charge in [0, 0.05) is 10.2 Å². The molecule has 1 saturated heterocycles. The number of para-hydroxylation sites is 1. The van der Waals surface area contributed by atoms with E-state index in [1.165, 1.54) is 7.11 Å². The average Bonchev–Trinajstić information content (AvgIpc) is 2.99. The summed E-state index contributed by atoms with van der Waals surface area (Å²) in [6.45, 7) is 3.85. The lowest BCUT2D eigenvalue weighted by atomic mass is 10.2. The van der Waals surface area contributed by atoms with Crippen molar-refractivity contribution in [1.82, 2.24) is 4.90 Å². The molecule has 162 valence electrons. The fraction of sp³-hybridized carbons (Fsp3) is 0.227. The highest BCUT2D eigenvalue weighted by molar-refractivity contribution is 9.10. The second-order valence-corrected chi connectivity index (χ2v) is 8.44. The van der Waals surface area contributed by atoms with Crippen LogP contribution in [0.2, 0.25) is 0 Å². The number of carbonyl (C=O) groups is 3. The molecule has 0 aliphatic carbocycles. The number of carbonyl (C=O) groups excluding carboxylic acids is 3. The highest BCUT2D eigenvalue weighted by Crippen LogP contribution is 2.38. The molecule has 0 atom stereocenters. The first-order valence-electron chi connectivity index (χ1n) is 9.45. The molecule has 1 fully saturated rings. The predicted molar refractivity (Wildman–Crippen MR) is 124 cm³/mol. The topological polar surface area (TPSA) is 84.9 Å². The van der Waals surface area contributed by atoms with Gasteiger partial charge in [-0.2, -0.15) is 0 Å². The van der Waals surface area contributed by atoms with Gasteiger partial charge in [-0.25, -0.2) is 0 Å². The van der Waals surface area contributed by atoms with E-state index in [0.29, 0.717) is 33.8 Å². The zero-order chi connectivity index (χ0) is 22.5. The Labute approximate surface area is 192 Å². The van der Waals surface area contributed by atoms with E-state index in [9.17, 15) is 14.4 Å². The zero-order valence-electron chi connectivity index (χ0n) is 17.2. The summed E-state index contributed by atoms with van der Waals surface area (Å²) in [6.07, 6.45) is 1.59. The third-order valence-corrected chi connectivity index (χ3v) is 6.06. The first-order valence-corrected chi connectivity index (χ1v) is 11.1. The summed E-state index contributed by atoms with van der Waals surface area (Å²) >= 11 is 4.25. The molecule has 0 spiro atoms. The van der Waals surface area contributed by atoms with E-state index in [1.807, 2.05) is 26.0 Å². The minimum atomic E-state index is -0.519. The van der Waals surface area contributed by atoms with Crippen molar-refractivity contribution < 1.29 is 23.9 Å². The van der Waals surface area contributed by atoms with E-state index in [0.717, 1.165) is 22.2 Å². The molecule has 1 aliphatic rings. The number of nitrogens with one attached hydrogen (secondary N) is 1. The molecule has 1 N–H and O–H groups in total. The van der Waals surface area contributed by atoms with Crippen LogP contribution in [-0.2, 0) is 9.59 Å². The van der Waals surface area contributed by atoms with Crippen molar-refractivity contribution >= 4 is 56.5 Å². The van der Waals surface area contributed by atoms with Crippen LogP contribution >= 0.6 is 27.7 Å². The van der Waals surface area contributed by atoms with Gasteiger partial charge in [0.25, 0.3) is 11.1 Å².